The van der Waals surface area contributed by atoms with Crippen molar-refractivity contribution < 1.29 is 0 Å². The van der Waals surface area contributed by atoms with Gasteiger partial charge in [-0.3, -0.25) is 0 Å². The molecule has 0 aliphatic rings. The van der Waals surface area contributed by atoms with E-state index >= 15 is 0 Å². The van der Waals surface area contributed by atoms with Crippen LogP contribution in [0.5, 0.6) is 0 Å². The highest BCUT2D eigenvalue weighted by Gasteiger charge is 1.99. The molecule has 1 N–H and O–H groups in total. The van der Waals surface area contributed by atoms with Crippen LogP contribution in [0.2, 0.25) is 0 Å². The molecule has 0 aromatic carbocycles. The third-order valence-electron chi connectivity index (χ3n) is 1.87. The molecule has 0 aliphatic carbocycles. The summed E-state index contributed by atoms with van der Waals surface area (Å²) in [4.78, 5) is 4.79. The molecule has 0 saturated carbocycles. The van der Waals surface area contributed by atoms with Crippen LogP contribution in [0.4, 0.5) is 5.82 Å². The Bertz CT molecular complexity index is 226. The summed E-state index contributed by atoms with van der Waals surface area (Å²) >= 11 is 3.59. The monoisotopic (exact) mass is 242 g/mol. The number of alkyl halides is 1. The van der Waals surface area contributed by atoms with Gasteiger partial charge in [-0.05, 0) is 25.0 Å². The first-order chi connectivity index (χ1) is 6.33. The molecule has 0 fully saturated rings. The number of rotatable bonds is 5. The molecule has 0 saturated heterocycles. The van der Waals surface area contributed by atoms with Crippen molar-refractivity contribution in [1.82, 2.24) is 4.98 Å². The fourth-order valence-corrected chi connectivity index (χ4v) is 1.26. The van der Waals surface area contributed by atoms with Crippen molar-refractivity contribution in [3.05, 3.63) is 24.4 Å². The molecule has 1 aromatic heterocycles. The SMILES string of the molecule is CCC(Br)CCNc1ccccn1. The summed E-state index contributed by atoms with van der Waals surface area (Å²) in [5, 5.41) is 3.27. The second kappa shape index (κ2) is 5.97. The van der Waals surface area contributed by atoms with Gasteiger partial charge in [-0.1, -0.05) is 28.9 Å². The smallest absolute Gasteiger partial charge is 0.125 e. The number of hydrogen-bond acceptors (Lipinski definition) is 2. The second-order valence-electron chi connectivity index (χ2n) is 2.94. The molecule has 13 heavy (non-hydrogen) atoms. The molecule has 1 heterocycles. The van der Waals surface area contributed by atoms with Gasteiger partial charge in [-0.15, -0.1) is 0 Å². The van der Waals surface area contributed by atoms with Gasteiger partial charge < -0.3 is 5.32 Å². The summed E-state index contributed by atoms with van der Waals surface area (Å²) in [7, 11) is 0. The van der Waals surface area contributed by atoms with Gasteiger partial charge in [-0.25, -0.2) is 4.98 Å². The van der Waals surface area contributed by atoms with Crippen LogP contribution in [0, 0.1) is 0 Å². The van der Waals surface area contributed by atoms with Gasteiger partial charge >= 0.3 is 0 Å². The van der Waals surface area contributed by atoms with Crippen LogP contribution < -0.4 is 5.32 Å². The van der Waals surface area contributed by atoms with Gasteiger partial charge in [0.25, 0.3) is 0 Å². The summed E-state index contributed by atoms with van der Waals surface area (Å²) in [6.07, 6.45) is 4.10. The van der Waals surface area contributed by atoms with Crippen molar-refractivity contribution in [3.8, 4) is 0 Å². The minimum absolute atomic E-state index is 0.615. The van der Waals surface area contributed by atoms with E-state index in [1.807, 2.05) is 18.2 Å². The molecule has 0 bridgehead atoms. The highest BCUT2D eigenvalue weighted by Crippen LogP contribution is 2.09. The normalized spacial score (nSPS) is 12.5. The Hall–Kier alpha value is -0.570. The largest absolute Gasteiger partial charge is 0.370 e. The zero-order valence-electron chi connectivity index (χ0n) is 7.83. The molecule has 0 spiro atoms. The van der Waals surface area contributed by atoms with Gasteiger partial charge in [0.2, 0.25) is 0 Å². The number of aromatic nitrogens is 1. The number of pyridine rings is 1. The Labute approximate surface area is 87.9 Å². The zero-order valence-corrected chi connectivity index (χ0v) is 9.42. The summed E-state index contributed by atoms with van der Waals surface area (Å²) in [5.74, 6) is 0.957. The molecule has 3 heteroatoms. The van der Waals surface area contributed by atoms with Gasteiger partial charge in [0.05, 0.1) is 0 Å². The number of halogens is 1. The van der Waals surface area contributed by atoms with Crippen LogP contribution in [0.25, 0.3) is 0 Å². The lowest BCUT2D eigenvalue weighted by atomic mass is 10.2. The lowest BCUT2D eigenvalue weighted by Crippen LogP contribution is -2.08. The Morgan fingerprint density at radius 1 is 1.54 bits per heavy atom. The predicted octanol–water partition coefficient (Wildman–Crippen LogP) is 3.06. The number of nitrogens with zero attached hydrogens (tertiary/aromatic N) is 1. The van der Waals surface area contributed by atoms with E-state index in [1.54, 1.807) is 6.20 Å². The van der Waals surface area contributed by atoms with E-state index in [0.717, 1.165) is 18.8 Å². The van der Waals surface area contributed by atoms with E-state index in [2.05, 4.69) is 33.2 Å². The number of anilines is 1. The molecule has 0 radical (unpaired) electrons. The van der Waals surface area contributed by atoms with Crippen LogP contribution >= 0.6 is 15.9 Å². The fraction of sp³-hybridized carbons (Fsp3) is 0.500. The van der Waals surface area contributed by atoms with Crippen molar-refractivity contribution in [2.24, 2.45) is 0 Å². The average molecular weight is 243 g/mol. The predicted molar refractivity (Wildman–Crippen MR) is 60.3 cm³/mol. The standard InChI is InChI=1S/C10H15BrN2/c1-2-9(11)6-8-13-10-5-3-4-7-12-10/h3-5,7,9H,2,6,8H2,1H3,(H,12,13). The number of hydrogen-bond donors (Lipinski definition) is 1. The van der Waals surface area contributed by atoms with Crippen LogP contribution in [-0.4, -0.2) is 16.4 Å². The van der Waals surface area contributed by atoms with E-state index < -0.39 is 0 Å². The van der Waals surface area contributed by atoms with E-state index in [4.69, 9.17) is 0 Å². The lowest BCUT2D eigenvalue weighted by Gasteiger charge is -2.07. The zero-order chi connectivity index (χ0) is 9.52. The van der Waals surface area contributed by atoms with Gasteiger partial charge in [0, 0.05) is 17.6 Å². The minimum atomic E-state index is 0.615. The van der Waals surface area contributed by atoms with Crippen molar-refractivity contribution in [2.45, 2.75) is 24.6 Å². The van der Waals surface area contributed by atoms with Gasteiger partial charge in [-0.2, -0.15) is 0 Å². The topological polar surface area (TPSA) is 24.9 Å². The average Bonchev–Trinajstić information content (AvgIpc) is 2.19. The van der Waals surface area contributed by atoms with E-state index in [-0.39, 0.29) is 0 Å². The second-order valence-corrected chi connectivity index (χ2v) is 4.23. The molecule has 1 unspecified atom stereocenters. The molecule has 1 atom stereocenters. The van der Waals surface area contributed by atoms with E-state index in [1.165, 1.54) is 6.42 Å². The quantitative estimate of drug-likeness (QED) is 0.804. The third-order valence-corrected chi connectivity index (χ3v) is 2.98. The Morgan fingerprint density at radius 3 is 3.00 bits per heavy atom. The van der Waals surface area contributed by atoms with Crippen molar-refractivity contribution in [1.29, 1.82) is 0 Å². The maximum Gasteiger partial charge on any atom is 0.125 e. The Morgan fingerprint density at radius 2 is 2.38 bits per heavy atom. The Kier molecular flexibility index (Phi) is 4.83. The minimum Gasteiger partial charge on any atom is -0.370 e. The van der Waals surface area contributed by atoms with Gasteiger partial charge in [0.15, 0.2) is 0 Å². The van der Waals surface area contributed by atoms with Crippen LogP contribution in [0.15, 0.2) is 24.4 Å². The first-order valence-corrected chi connectivity index (χ1v) is 5.53. The van der Waals surface area contributed by atoms with Crippen LogP contribution in [-0.2, 0) is 0 Å². The molecule has 0 amide bonds. The highest BCUT2D eigenvalue weighted by molar-refractivity contribution is 9.09. The Balaban J connectivity index is 2.20. The van der Waals surface area contributed by atoms with Crippen molar-refractivity contribution >= 4 is 21.7 Å². The third kappa shape index (κ3) is 4.27. The summed E-state index contributed by atoms with van der Waals surface area (Å²) in [6.45, 7) is 3.15. The molecule has 2 nitrogen and oxygen atoms in total. The number of nitrogens with one attached hydrogen (secondary N) is 1. The summed E-state index contributed by atoms with van der Waals surface area (Å²) in [5.41, 5.74) is 0. The molecule has 1 aromatic rings. The fourth-order valence-electron chi connectivity index (χ4n) is 1.03. The molecule has 1 rings (SSSR count). The first kappa shape index (κ1) is 10.5. The van der Waals surface area contributed by atoms with Gasteiger partial charge in [0.1, 0.15) is 5.82 Å². The summed E-state index contributed by atoms with van der Waals surface area (Å²) < 4.78 is 0. The first-order valence-electron chi connectivity index (χ1n) is 4.62. The van der Waals surface area contributed by atoms with Crippen molar-refractivity contribution in [2.75, 3.05) is 11.9 Å². The van der Waals surface area contributed by atoms with E-state index in [9.17, 15) is 0 Å². The van der Waals surface area contributed by atoms with E-state index in [0.29, 0.717) is 4.83 Å². The van der Waals surface area contributed by atoms with Crippen molar-refractivity contribution in [3.63, 3.8) is 0 Å². The molecule has 0 aliphatic heterocycles. The van der Waals surface area contributed by atoms with Crippen LogP contribution in [0.1, 0.15) is 19.8 Å². The molecular weight excluding hydrogens is 228 g/mol. The highest BCUT2D eigenvalue weighted by atomic mass is 79.9. The lowest BCUT2D eigenvalue weighted by molar-refractivity contribution is 0.773. The van der Waals surface area contributed by atoms with Crippen LogP contribution in [0.3, 0.4) is 0 Å². The molecule has 72 valence electrons. The maximum absolute atomic E-state index is 4.17. The molecular formula is C10H15BrN2. The maximum atomic E-state index is 4.17. The summed E-state index contributed by atoms with van der Waals surface area (Å²) in [6, 6.07) is 5.89.